The fourth-order valence-corrected chi connectivity index (χ4v) is 3.49. The van der Waals surface area contributed by atoms with Crippen molar-refractivity contribution in [3.05, 3.63) is 54.6 Å². The summed E-state index contributed by atoms with van der Waals surface area (Å²) in [6.45, 7) is 2.78. The molecule has 1 N–H and O–H groups in total. The van der Waals surface area contributed by atoms with Gasteiger partial charge in [0.05, 0.1) is 5.69 Å². The van der Waals surface area contributed by atoms with Gasteiger partial charge in [-0.25, -0.2) is 0 Å². The molecule has 1 saturated heterocycles. The Morgan fingerprint density at radius 1 is 1.19 bits per heavy atom. The number of nitrogens with zero attached hydrogens (tertiary/aromatic N) is 6. The van der Waals surface area contributed by atoms with E-state index in [0.29, 0.717) is 6.04 Å². The summed E-state index contributed by atoms with van der Waals surface area (Å²) in [6, 6.07) is 8.40. The summed E-state index contributed by atoms with van der Waals surface area (Å²) in [7, 11) is 1.96. The Morgan fingerprint density at radius 2 is 2.08 bits per heavy atom. The molecule has 0 aliphatic carbocycles. The van der Waals surface area contributed by atoms with Gasteiger partial charge in [-0.05, 0) is 37.1 Å². The molecule has 134 valence electrons. The highest BCUT2D eigenvalue weighted by molar-refractivity contribution is 5.61. The molecule has 0 aromatic carbocycles. The zero-order valence-electron chi connectivity index (χ0n) is 14.9. The second-order valence-electron chi connectivity index (χ2n) is 6.66. The molecule has 3 aromatic heterocycles. The van der Waals surface area contributed by atoms with Gasteiger partial charge in [0.25, 0.3) is 0 Å². The second kappa shape index (κ2) is 7.61. The molecule has 4 heterocycles. The molecular formula is C19H23N7. The number of anilines is 1. The first-order valence-electron chi connectivity index (χ1n) is 8.98. The lowest BCUT2D eigenvalue weighted by Gasteiger charge is -2.33. The van der Waals surface area contributed by atoms with Gasteiger partial charge in [0.15, 0.2) is 5.82 Å². The molecule has 0 amide bonds. The molecule has 1 aliphatic rings. The van der Waals surface area contributed by atoms with Crippen LogP contribution >= 0.6 is 0 Å². The summed E-state index contributed by atoms with van der Waals surface area (Å²) in [5, 5.41) is 16.6. The molecule has 7 nitrogen and oxygen atoms in total. The van der Waals surface area contributed by atoms with E-state index >= 15 is 0 Å². The highest BCUT2D eigenvalue weighted by Crippen LogP contribution is 2.22. The number of pyridine rings is 1. The molecule has 1 fully saturated rings. The summed E-state index contributed by atoms with van der Waals surface area (Å²) in [5.41, 5.74) is 3.32. The minimum Gasteiger partial charge on any atom is -0.354 e. The Morgan fingerprint density at radius 3 is 2.88 bits per heavy atom. The zero-order valence-corrected chi connectivity index (χ0v) is 14.9. The molecule has 1 atom stereocenters. The van der Waals surface area contributed by atoms with Crippen molar-refractivity contribution in [1.29, 1.82) is 0 Å². The zero-order chi connectivity index (χ0) is 17.8. The first-order chi connectivity index (χ1) is 12.8. The van der Waals surface area contributed by atoms with Crippen molar-refractivity contribution in [2.75, 3.05) is 18.0 Å². The van der Waals surface area contributed by atoms with Crippen molar-refractivity contribution in [1.82, 2.24) is 30.3 Å². The van der Waals surface area contributed by atoms with Gasteiger partial charge in [-0.3, -0.25) is 9.67 Å². The lowest BCUT2D eigenvalue weighted by atomic mass is 10.0. The smallest absolute Gasteiger partial charge is 0.151 e. The van der Waals surface area contributed by atoms with E-state index in [1.54, 1.807) is 18.6 Å². The van der Waals surface area contributed by atoms with Crippen molar-refractivity contribution >= 4 is 5.82 Å². The number of nitrogens with one attached hydrogen (secondary N) is 1. The number of hydrogen-bond acceptors (Lipinski definition) is 6. The van der Waals surface area contributed by atoms with Crippen molar-refractivity contribution in [3.63, 3.8) is 0 Å². The summed E-state index contributed by atoms with van der Waals surface area (Å²) >= 11 is 0. The monoisotopic (exact) mass is 349 g/mol. The van der Waals surface area contributed by atoms with Crippen LogP contribution in [0.4, 0.5) is 5.82 Å². The molecule has 7 heteroatoms. The number of aryl methyl sites for hydroxylation is 1. The summed E-state index contributed by atoms with van der Waals surface area (Å²) in [4.78, 5) is 6.40. The van der Waals surface area contributed by atoms with Crippen LogP contribution in [0.3, 0.4) is 0 Å². The third-order valence-electron chi connectivity index (χ3n) is 4.74. The average Bonchev–Trinajstić information content (AvgIpc) is 3.09. The number of rotatable bonds is 5. The molecule has 26 heavy (non-hydrogen) atoms. The maximum Gasteiger partial charge on any atom is 0.151 e. The highest BCUT2D eigenvalue weighted by Gasteiger charge is 2.21. The maximum atomic E-state index is 4.63. The average molecular weight is 349 g/mol. The van der Waals surface area contributed by atoms with E-state index < -0.39 is 0 Å². The lowest BCUT2D eigenvalue weighted by Crippen LogP contribution is -2.45. The summed E-state index contributed by atoms with van der Waals surface area (Å²) < 4.78 is 1.87. The molecule has 0 spiro atoms. The fourth-order valence-electron chi connectivity index (χ4n) is 3.49. The van der Waals surface area contributed by atoms with Crippen molar-refractivity contribution in [2.45, 2.75) is 25.4 Å². The van der Waals surface area contributed by atoms with Gasteiger partial charge in [0.1, 0.15) is 0 Å². The van der Waals surface area contributed by atoms with Crippen LogP contribution in [0.5, 0.6) is 0 Å². The fraction of sp³-hybridized carbons (Fsp3) is 0.368. The van der Waals surface area contributed by atoms with Gasteiger partial charge in [-0.1, -0.05) is 0 Å². The van der Waals surface area contributed by atoms with Crippen LogP contribution in [0, 0.1) is 0 Å². The van der Waals surface area contributed by atoms with Crippen molar-refractivity contribution < 1.29 is 0 Å². The SMILES string of the molecule is Cn1cc(CNC2CCCN(c3cccnn3)C2)c(-c2ccncc2)n1. The molecule has 1 unspecified atom stereocenters. The van der Waals surface area contributed by atoms with E-state index in [1.807, 2.05) is 36.0 Å². The van der Waals surface area contributed by atoms with Crippen LogP contribution in [0.15, 0.2) is 49.1 Å². The maximum absolute atomic E-state index is 4.63. The van der Waals surface area contributed by atoms with Gasteiger partial charge in [0, 0.05) is 68.6 Å². The first-order valence-corrected chi connectivity index (χ1v) is 8.98. The van der Waals surface area contributed by atoms with Crippen LogP contribution in [-0.4, -0.2) is 44.1 Å². The van der Waals surface area contributed by atoms with E-state index in [0.717, 1.165) is 43.1 Å². The van der Waals surface area contributed by atoms with Crippen LogP contribution in [0.25, 0.3) is 11.3 Å². The van der Waals surface area contributed by atoms with Crippen molar-refractivity contribution in [3.8, 4) is 11.3 Å². The Bertz CT molecular complexity index is 832. The Hall–Kier alpha value is -2.80. The van der Waals surface area contributed by atoms with Gasteiger partial charge in [-0.2, -0.15) is 10.2 Å². The van der Waals surface area contributed by atoms with E-state index in [9.17, 15) is 0 Å². The molecule has 0 bridgehead atoms. The van der Waals surface area contributed by atoms with Gasteiger partial charge in [0.2, 0.25) is 0 Å². The minimum atomic E-state index is 0.427. The number of aromatic nitrogens is 5. The Balaban J connectivity index is 1.43. The van der Waals surface area contributed by atoms with Crippen LogP contribution in [0.1, 0.15) is 18.4 Å². The minimum absolute atomic E-state index is 0.427. The third kappa shape index (κ3) is 3.72. The molecule has 1 aliphatic heterocycles. The van der Waals surface area contributed by atoms with Gasteiger partial charge >= 0.3 is 0 Å². The number of piperidine rings is 1. The highest BCUT2D eigenvalue weighted by atomic mass is 15.3. The predicted molar refractivity (Wildman–Crippen MR) is 101 cm³/mol. The molecule has 3 aromatic rings. The van der Waals surface area contributed by atoms with Crippen LogP contribution in [0.2, 0.25) is 0 Å². The van der Waals surface area contributed by atoms with Crippen molar-refractivity contribution in [2.24, 2.45) is 7.05 Å². The molecular weight excluding hydrogens is 326 g/mol. The van der Waals surface area contributed by atoms with E-state index in [4.69, 9.17) is 0 Å². The van der Waals surface area contributed by atoms with Crippen LogP contribution in [-0.2, 0) is 13.6 Å². The largest absolute Gasteiger partial charge is 0.354 e. The lowest BCUT2D eigenvalue weighted by molar-refractivity contribution is 0.419. The summed E-state index contributed by atoms with van der Waals surface area (Å²) in [5.74, 6) is 0.956. The molecule has 4 rings (SSSR count). The summed E-state index contributed by atoms with van der Waals surface area (Å²) in [6.07, 6.45) is 9.74. The third-order valence-corrected chi connectivity index (χ3v) is 4.74. The standard InChI is InChI=1S/C19H23N7/c1-25-13-16(19(24-25)15-6-9-20-10-7-15)12-21-17-4-3-11-26(14-17)18-5-2-8-22-23-18/h2,5-10,13,17,21H,3-4,11-12,14H2,1H3. The van der Waals surface area contributed by atoms with Crippen LogP contribution < -0.4 is 10.2 Å². The normalized spacial score (nSPS) is 17.4. The quantitative estimate of drug-likeness (QED) is 0.760. The van der Waals surface area contributed by atoms with E-state index in [1.165, 1.54) is 12.0 Å². The van der Waals surface area contributed by atoms with Gasteiger partial charge in [-0.15, -0.1) is 5.10 Å². The Kier molecular flexibility index (Phi) is 4.88. The predicted octanol–water partition coefficient (Wildman–Crippen LogP) is 2.03. The first kappa shape index (κ1) is 16.7. The van der Waals surface area contributed by atoms with E-state index in [-0.39, 0.29) is 0 Å². The van der Waals surface area contributed by atoms with E-state index in [2.05, 4.69) is 36.7 Å². The molecule has 0 saturated carbocycles. The number of hydrogen-bond donors (Lipinski definition) is 1. The van der Waals surface area contributed by atoms with Gasteiger partial charge < -0.3 is 10.2 Å². The molecule has 0 radical (unpaired) electrons. The Labute approximate surface area is 153 Å². The second-order valence-corrected chi connectivity index (χ2v) is 6.66. The topological polar surface area (TPSA) is 71.8 Å².